The molecule has 6 fully saturated rings. The van der Waals surface area contributed by atoms with Crippen LogP contribution in [0.3, 0.4) is 0 Å². The first kappa shape index (κ1) is 112. The van der Waals surface area contributed by atoms with Gasteiger partial charge < -0.3 is 165 Å². The zero-order valence-electron chi connectivity index (χ0n) is 79.0. The number of methoxy groups -OCH3 is 5. The van der Waals surface area contributed by atoms with Gasteiger partial charge in [0, 0.05) is 77.3 Å². The van der Waals surface area contributed by atoms with Gasteiger partial charge in [0.15, 0.2) is 65.2 Å². The van der Waals surface area contributed by atoms with Crippen molar-refractivity contribution in [2.75, 3.05) is 163 Å². The van der Waals surface area contributed by atoms with Crippen LogP contribution in [0.25, 0.3) is 33.5 Å². The second-order valence-electron chi connectivity index (χ2n) is 33.3. The summed E-state index contributed by atoms with van der Waals surface area (Å²) in [5, 5.41) is 11.8. The number of aryl methyl sites for hydroxylation is 3. The number of aliphatic hydroxyl groups excluding tert-OH is 1. The molecule has 28 atom stereocenters. The van der Waals surface area contributed by atoms with Crippen LogP contribution < -0.4 is 71.5 Å². The lowest BCUT2D eigenvalue weighted by Gasteiger charge is -2.35. The van der Waals surface area contributed by atoms with Crippen LogP contribution in [0.2, 0.25) is 0 Å². The molecule has 6 aliphatic rings. The number of anilines is 5. The zero-order valence-corrected chi connectivity index (χ0v) is 86.0. The van der Waals surface area contributed by atoms with Crippen molar-refractivity contribution in [3.05, 3.63) is 119 Å². The lowest BCUT2D eigenvalue weighted by atomic mass is 10.1. The highest BCUT2D eigenvalue weighted by Crippen LogP contribution is 2.60. The predicted octanol–water partition coefficient (Wildman–Crippen LogP) is -2.81. The normalized spacial score (nSPS) is 29.1. The minimum absolute atomic E-state index is 0.0285. The monoisotopic (exact) mass is 2220 g/mol. The van der Waals surface area contributed by atoms with Crippen LogP contribution >= 0.6 is 48.1 Å². The summed E-state index contributed by atoms with van der Waals surface area (Å²) in [6.07, 6.45) is -27.7. The number of nitrogens with one attached hydrogen (secondary N) is 2. The summed E-state index contributed by atoms with van der Waals surface area (Å²) in [5.41, 5.74) is 26.2. The third-order valence-corrected chi connectivity index (χ3v) is 30.4. The molecule has 0 amide bonds. The van der Waals surface area contributed by atoms with Crippen LogP contribution in [-0.4, -0.2) is 336 Å². The quantitative estimate of drug-likeness (QED) is 0.0104. The summed E-state index contributed by atoms with van der Waals surface area (Å²) in [6.45, 7) is -16.4. The maximum absolute atomic E-state index is 15.6. The number of imidazole rings is 3. The number of phosphoric acid groups is 2. The van der Waals surface area contributed by atoms with Crippen molar-refractivity contribution in [2.45, 2.75) is 182 Å². The van der Waals surface area contributed by atoms with Gasteiger partial charge in [0.1, 0.15) is 140 Å². The molecule has 14 N–H and O–H groups in total. The minimum atomic E-state index is -6.23. The molecule has 0 aromatic carbocycles. The van der Waals surface area contributed by atoms with Crippen molar-refractivity contribution in [2.24, 2.45) is 0 Å². The number of phosphoric ester groups is 2. The molecule has 0 saturated carbocycles. The van der Waals surface area contributed by atoms with Crippen molar-refractivity contribution < 1.29 is 159 Å². The highest BCUT2D eigenvalue weighted by atomic mass is 32.7. The Morgan fingerprint density at radius 2 is 0.829 bits per heavy atom. The summed E-state index contributed by atoms with van der Waals surface area (Å²) < 4.78 is 209. The van der Waals surface area contributed by atoms with E-state index < -0.39 is 257 Å². The van der Waals surface area contributed by atoms with Gasteiger partial charge in [-0.05, 0) is 39.0 Å². The number of rotatable bonds is 52. The maximum Gasteiger partial charge on any atom is 0.386 e. The number of aromatic nitrogens is 18. The summed E-state index contributed by atoms with van der Waals surface area (Å²) in [6, 6.07) is 0. The summed E-state index contributed by atoms with van der Waals surface area (Å²) >= 11 is 15.6. The zero-order chi connectivity index (χ0) is 105. The van der Waals surface area contributed by atoms with Crippen LogP contribution in [0.5, 0.6) is 0 Å². The van der Waals surface area contributed by atoms with Crippen LogP contribution in [0, 0.1) is 20.8 Å². The molecule has 0 spiro atoms. The van der Waals surface area contributed by atoms with E-state index in [1.54, 1.807) is 18.4 Å². The van der Waals surface area contributed by atoms with Crippen LogP contribution in [0.1, 0.15) is 73.8 Å². The fraction of sp³-hybridized carbons (Fsp3) is 0.645. The molecular formula is C76H107N23O39P5S3-3. The third-order valence-electron chi connectivity index (χ3n) is 23.7. The van der Waals surface area contributed by atoms with E-state index in [0.29, 0.717) is 17.6 Å². The molecule has 806 valence electrons. The van der Waals surface area contributed by atoms with Crippen LogP contribution in [0.15, 0.2) is 74.2 Å². The lowest BCUT2D eigenvalue weighted by Crippen LogP contribution is -2.42. The van der Waals surface area contributed by atoms with Crippen LogP contribution in [0.4, 0.5) is 29.2 Å². The first-order valence-corrected chi connectivity index (χ1v) is 55.3. The number of fused-ring (bicyclic) bond motifs is 3. The third kappa shape index (κ3) is 26.0. The van der Waals surface area contributed by atoms with E-state index in [1.807, 2.05) is 0 Å². The Hall–Kier alpha value is -8.01. The Bertz CT molecular complexity index is 6640. The second-order valence-corrected chi connectivity index (χ2v) is 44.4. The van der Waals surface area contributed by atoms with Crippen LogP contribution in [-0.2, 0) is 158 Å². The number of nitrogens with zero attached hydrogens (tertiary/aromatic N) is 16. The van der Waals surface area contributed by atoms with E-state index in [9.17, 15) is 34.0 Å². The van der Waals surface area contributed by atoms with Gasteiger partial charge in [0.2, 0.25) is 5.95 Å². The highest BCUT2D eigenvalue weighted by Gasteiger charge is 2.58. The molecule has 15 rings (SSSR count). The second kappa shape index (κ2) is 48.3. The molecule has 146 heavy (non-hydrogen) atoms. The van der Waals surface area contributed by atoms with E-state index in [1.165, 1.54) is 83.7 Å². The number of aromatic amines is 2. The number of nitrogens with two attached hydrogens (primary N) is 5. The largest absolute Gasteiger partial charge is 0.780 e. The van der Waals surface area contributed by atoms with Gasteiger partial charge in [-0.15, -0.1) is 0 Å². The molecule has 62 nitrogen and oxygen atoms in total. The first-order chi connectivity index (χ1) is 69.6. The molecule has 10 unspecified atom stereocenters. The lowest BCUT2D eigenvalue weighted by molar-refractivity contribution is -0.241. The Morgan fingerprint density at radius 3 is 1.32 bits per heavy atom. The SMILES string of the molecule is CC[C@H]1O[C@@H](n2cnc3c(N)ncnc32)C[C@H]1OP(O)(=S)OC[C@H]1O[C@@H](n2cnc3c(=O)[nH]c(N)nc32)C(OCCOC)[C@H]1OP(=O)([O-])OC[C@H]1O[C@@H](n2cc(C)c(N)nc2=O)C(OCCOC)[C@H]1OP(=O)([O-])OC[C@H]1O[C@@H](n2cc(C)c(=O)[nH]c2=O)C(OCCOC)[C@H]1OP(=O)(S)OC[C@H]1O[C@@H](n2cnc3c(N)ncnc32)C(OCCOC)[C@H]1OP([O-])(=S)OC[C@H]1O[C@@H](n2cc(C)c(N)nc2=O)C(OCCOC)[C@H]1O. The molecule has 6 aliphatic heterocycles. The predicted molar refractivity (Wildman–Crippen MR) is 503 cm³/mol. The van der Waals surface area contributed by atoms with E-state index in [4.69, 9.17) is 173 Å². The van der Waals surface area contributed by atoms with Crippen molar-refractivity contribution in [3.8, 4) is 0 Å². The van der Waals surface area contributed by atoms with E-state index >= 15 is 28.4 Å². The maximum atomic E-state index is 15.6. The molecule has 0 bridgehead atoms. The number of thiol groups is 1. The van der Waals surface area contributed by atoms with Gasteiger partial charge in [-0.25, -0.2) is 53.8 Å². The fourth-order valence-corrected chi connectivity index (χ4v) is 23.0. The van der Waals surface area contributed by atoms with Gasteiger partial charge in [-0.2, -0.15) is 15.0 Å². The number of H-pyrrole nitrogens is 2. The van der Waals surface area contributed by atoms with Crippen molar-refractivity contribution >= 4 is 134 Å². The van der Waals surface area contributed by atoms with Gasteiger partial charge in [-0.3, -0.25) is 65.1 Å². The van der Waals surface area contributed by atoms with Crippen molar-refractivity contribution in [1.29, 1.82) is 0 Å². The van der Waals surface area contributed by atoms with E-state index in [0.717, 1.165) is 38.7 Å². The van der Waals surface area contributed by atoms with Crippen molar-refractivity contribution in [3.63, 3.8) is 0 Å². The Morgan fingerprint density at radius 1 is 0.432 bits per heavy atom. The van der Waals surface area contributed by atoms with Gasteiger partial charge in [0.05, 0.1) is 130 Å². The smallest absolute Gasteiger partial charge is 0.386 e. The standard InChI is InChI=1S/C76H110N23O39P5S3/c1-10-38-39(21-45(128-38)97-32-86-46-61(79)82-30-84-63(46)97)134-141(110,144)126-28-43-51(56(120-18-13-115-7)72(132-43)99-34-88-48-65(99)91-73(81)92-67(48)102)136-139(106,107)123-26-41-50(55(119-17-12-114-6)69(130-41)95-23-36(3)60(78)90-75(95)104)135-140(108,109)124-27-42-52(57(121-19-14-116-8)70(131-42)96-24-37(4)66(101)93-76(96)105)137-143(112,146)127-29-44-53(58(122-20-15-117-9)71(133-44)98-33-87-47-62(80)83-31-85-64(47)98)138-142(111,145)125-25-40-49(100)54(118-16-11-113-5)68(129-40)94-22-35(2)59(77)89-74(94)103/h22-24,30-34,38-45,49-58,68-72,100H,10-21,25-29H2,1-9H3,(H,106,107)(H,108,109)(H,110,144)(H,111,145)(H,112,146)(H2,77,89,103)(H2,78,90,104)(H2,79,82,84)(H2,80,83,85)(H,93,101,105)(H3,81,91,92,102)/p-3/t38-,39-,40-,41-,42-,43-,44-,45-,49+,50+,51+,52+,53+,54?,55?,56?,57?,58?,68-,69-,70-,71-,72-,141?,142?,143?/m1/s1. The molecule has 15 heterocycles. The topological polar surface area (TPSA) is 806 Å². The summed E-state index contributed by atoms with van der Waals surface area (Å²) in [5.74, 6) is -0.733. The Balaban J connectivity index is 0.719. The van der Waals surface area contributed by atoms with Gasteiger partial charge >= 0.3 is 30.6 Å². The molecule has 70 heteroatoms. The molecule has 0 radical (unpaired) electrons. The average molecular weight is 2220 g/mol. The average Bonchev–Trinajstić information content (AvgIpc) is 1.61. The Kier molecular flexibility index (Phi) is 37.1. The number of hydrogen-bond donors (Lipinski definition) is 10. The number of ether oxygens (including phenoxy) is 16. The number of nitrogen functional groups attached to an aromatic ring is 5. The fourth-order valence-electron chi connectivity index (χ4n) is 16.7. The highest BCUT2D eigenvalue weighted by molar-refractivity contribution is 8.44. The van der Waals surface area contributed by atoms with E-state index in [-0.39, 0.29) is 122 Å². The molecule has 6 saturated heterocycles. The molecular weight excluding hydrogens is 2110 g/mol. The molecule has 9 aromatic rings. The van der Waals surface area contributed by atoms with E-state index in [2.05, 4.69) is 72.1 Å². The van der Waals surface area contributed by atoms with Crippen molar-refractivity contribution in [1.82, 2.24) is 87.2 Å². The first-order valence-electron chi connectivity index (χ1n) is 44.5. The van der Waals surface area contributed by atoms with Gasteiger partial charge in [0.25, 0.3) is 26.8 Å². The van der Waals surface area contributed by atoms with Gasteiger partial charge in [-0.1, -0.05) is 31.0 Å². The summed E-state index contributed by atoms with van der Waals surface area (Å²) in [7, 11) is -5.69. The molecule has 9 aromatic heterocycles. The Labute approximate surface area is 840 Å². The minimum Gasteiger partial charge on any atom is -0.780 e. The number of hydrogen-bond acceptors (Lipinski definition) is 55. The number of aliphatic hydroxyl groups is 1. The molecule has 0 aliphatic carbocycles. The summed E-state index contributed by atoms with van der Waals surface area (Å²) in [4.78, 5) is 172.